The van der Waals surface area contributed by atoms with Gasteiger partial charge in [-0.2, -0.15) is 0 Å². The Balaban J connectivity index is 1.99. The Hall–Kier alpha value is -2.43. The van der Waals surface area contributed by atoms with Crippen molar-refractivity contribution in [2.24, 2.45) is 5.92 Å². The highest BCUT2D eigenvalue weighted by Crippen LogP contribution is 2.13. The molecule has 2 N–H and O–H groups in total. The maximum Gasteiger partial charge on any atom is 0.257 e. The number of hydrogen-bond acceptors (Lipinski definition) is 3. The molecule has 1 amide bonds. The second kappa shape index (κ2) is 7.54. The lowest BCUT2D eigenvalue weighted by Gasteiger charge is -2.09. The van der Waals surface area contributed by atoms with Crippen molar-refractivity contribution in [2.75, 3.05) is 17.2 Å². The van der Waals surface area contributed by atoms with E-state index in [9.17, 15) is 9.18 Å². The molecule has 2 aromatic rings. The van der Waals surface area contributed by atoms with Gasteiger partial charge in [0.1, 0.15) is 5.82 Å². The zero-order valence-electron chi connectivity index (χ0n) is 12.8. The molecule has 2 rings (SSSR count). The van der Waals surface area contributed by atoms with Gasteiger partial charge in [0.05, 0.1) is 11.3 Å². The smallest absolute Gasteiger partial charge is 0.257 e. The number of nitrogens with one attached hydrogen (secondary N) is 2. The van der Waals surface area contributed by atoms with Crippen molar-refractivity contribution >= 4 is 17.3 Å². The van der Waals surface area contributed by atoms with Gasteiger partial charge in [-0.25, -0.2) is 4.39 Å². The highest BCUT2D eigenvalue weighted by molar-refractivity contribution is 6.04. The standard InChI is InChI=1S/C17H20FN3O/c1-12(2)7-8-20-16-9-13(10-19-11-16)17(22)21-15-5-3-14(18)4-6-15/h3-6,9-12,20H,7-8H2,1-2H3,(H,21,22). The van der Waals surface area contributed by atoms with Crippen molar-refractivity contribution in [1.29, 1.82) is 0 Å². The van der Waals surface area contributed by atoms with Gasteiger partial charge in [0, 0.05) is 24.6 Å². The summed E-state index contributed by atoms with van der Waals surface area (Å²) < 4.78 is 12.8. The topological polar surface area (TPSA) is 54.0 Å². The molecule has 0 saturated carbocycles. The van der Waals surface area contributed by atoms with Gasteiger partial charge in [0.15, 0.2) is 0 Å². The van der Waals surface area contributed by atoms with E-state index in [1.54, 1.807) is 12.3 Å². The third-order valence-electron chi connectivity index (χ3n) is 3.15. The number of anilines is 2. The van der Waals surface area contributed by atoms with Gasteiger partial charge in [-0.1, -0.05) is 13.8 Å². The van der Waals surface area contributed by atoms with Crippen molar-refractivity contribution < 1.29 is 9.18 Å². The minimum atomic E-state index is -0.337. The average molecular weight is 301 g/mol. The first-order valence-electron chi connectivity index (χ1n) is 7.30. The molecule has 0 saturated heterocycles. The van der Waals surface area contributed by atoms with Gasteiger partial charge in [0.2, 0.25) is 0 Å². The lowest BCUT2D eigenvalue weighted by Crippen LogP contribution is -2.13. The Morgan fingerprint density at radius 2 is 1.91 bits per heavy atom. The molecule has 4 nitrogen and oxygen atoms in total. The Kier molecular flexibility index (Phi) is 5.47. The summed E-state index contributed by atoms with van der Waals surface area (Å²) in [4.78, 5) is 16.2. The van der Waals surface area contributed by atoms with E-state index in [2.05, 4.69) is 29.5 Å². The molecule has 1 aromatic heterocycles. The number of pyridine rings is 1. The van der Waals surface area contributed by atoms with Crippen LogP contribution in [0.5, 0.6) is 0 Å². The van der Waals surface area contributed by atoms with Crippen LogP contribution in [0.2, 0.25) is 0 Å². The predicted octanol–water partition coefficient (Wildman–Crippen LogP) is 3.93. The number of benzene rings is 1. The molecule has 0 spiro atoms. The van der Waals surface area contributed by atoms with Gasteiger partial charge < -0.3 is 10.6 Å². The maximum atomic E-state index is 12.8. The van der Waals surface area contributed by atoms with Crippen molar-refractivity contribution in [2.45, 2.75) is 20.3 Å². The van der Waals surface area contributed by atoms with Crippen LogP contribution in [0.15, 0.2) is 42.7 Å². The zero-order valence-corrected chi connectivity index (χ0v) is 12.8. The Bertz CT molecular complexity index is 626. The van der Waals surface area contributed by atoms with Crippen LogP contribution in [0.25, 0.3) is 0 Å². The van der Waals surface area contributed by atoms with E-state index in [0.29, 0.717) is 17.2 Å². The Morgan fingerprint density at radius 1 is 1.18 bits per heavy atom. The second-order valence-electron chi connectivity index (χ2n) is 5.53. The lowest BCUT2D eigenvalue weighted by atomic mass is 10.1. The molecule has 0 aliphatic carbocycles. The third-order valence-corrected chi connectivity index (χ3v) is 3.15. The normalized spacial score (nSPS) is 10.5. The van der Waals surface area contributed by atoms with Crippen LogP contribution < -0.4 is 10.6 Å². The summed E-state index contributed by atoms with van der Waals surface area (Å²) in [6, 6.07) is 7.40. The van der Waals surface area contributed by atoms with Crippen LogP contribution in [0.4, 0.5) is 15.8 Å². The summed E-state index contributed by atoms with van der Waals surface area (Å²) in [5.74, 6) is 0.00745. The van der Waals surface area contributed by atoms with Crippen molar-refractivity contribution in [3.63, 3.8) is 0 Å². The zero-order chi connectivity index (χ0) is 15.9. The second-order valence-corrected chi connectivity index (χ2v) is 5.53. The van der Waals surface area contributed by atoms with Crippen molar-refractivity contribution in [3.05, 3.63) is 54.1 Å². The molecule has 0 aliphatic heterocycles. The first-order valence-corrected chi connectivity index (χ1v) is 7.30. The van der Waals surface area contributed by atoms with Gasteiger partial charge in [-0.3, -0.25) is 9.78 Å². The number of carbonyl (C=O) groups excluding carboxylic acids is 1. The molecule has 5 heteroatoms. The van der Waals surface area contributed by atoms with Gasteiger partial charge in [0.25, 0.3) is 5.91 Å². The molecule has 0 atom stereocenters. The number of carbonyl (C=O) groups is 1. The number of amides is 1. The van der Waals surface area contributed by atoms with E-state index < -0.39 is 0 Å². The largest absolute Gasteiger partial charge is 0.384 e. The fraction of sp³-hybridized carbons (Fsp3) is 0.294. The first-order chi connectivity index (χ1) is 10.5. The van der Waals surface area contributed by atoms with Gasteiger partial charge in [-0.15, -0.1) is 0 Å². The predicted molar refractivity (Wildman–Crippen MR) is 86.5 cm³/mol. The molecule has 22 heavy (non-hydrogen) atoms. The van der Waals surface area contributed by atoms with E-state index in [1.165, 1.54) is 30.5 Å². The summed E-state index contributed by atoms with van der Waals surface area (Å²) in [5.41, 5.74) is 1.82. The summed E-state index contributed by atoms with van der Waals surface area (Å²) >= 11 is 0. The van der Waals surface area contributed by atoms with Crippen LogP contribution in [0, 0.1) is 11.7 Å². The lowest BCUT2D eigenvalue weighted by molar-refractivity contribution is 0.102. The molecule has 0 bridgehead atoms. The molecule has 1 heterocycles. The fourth-order valence-electron chi connectivity index (χ4n) is 1.90. The van der Waals surface area contributed by atoms with E-state index in [1.807, 2.05) is 0 Å². The SMILES string of the molecule is CC(C)CCNc1cncc(C(=O)Nc2ccc(F)cc2)c1. The van der Waals surface area contributed by atoms with E-state index in [0.717, 1.165) is 18.7 Å². The minimum Gasteiger partial charge on any atom is -0.384 e. The monoisotopic (exact) mass is 301 g/mol. The molecule has 1 aromatic carbocycles. The number of nitrogens with zero attached hydrogens (tertiary/aromatic N) is 1. The highest BCUT2D eigenvalue weighted by atomic mass is 19.1. The summed E-state index contributed by atoms with van der Waals surface area (Å²) in [6.45, 7) is 5.15. The summed E-state index contributed by atoms with van der Waals surface area (Å²) in [6.07, 6.45) is 4.24. The maximum absolute atomic E-state index is 12.8. The van der Waals surface area contributed by atoms with Gasteiger partial charge in [-0.05, 0) is 42.7 Å². The third kappa shape index (κ3) is 4.84. The molecule has 0 aliphatic rings. The molecule has 0 radical (unpaired) electrons. The van der Waals surface area contributed by atoms with Crippen molar-refractivity contribution in [3.8, 4) is 0 Å². The molecule has 0 fully saturated rings. The minimum absolute atomic E-state index is 0.272. The van der Waals surface area contributed by atoms with Crippen LogP contribution in [-0.4, -0.2) is 17.4 Å². The molecular formula is C17H20FN3O. The van der Waals surface area contributed by atoms with E-state index in [-0.39, 0.29) is 11.7 Å². The fourth-order valence-corrected chi connectivity index (χ4v) is 1.90. The number of rotatable bonds is 6. The molecular weight excluding hydrogens is 281 g/mol. The van der Waals surface area contributed by atoms with Crippen LogP contribution in [-0.2, 0) is 0 Å². The average Bonchev–Trinajstić information content (AvgIpc) is 2.49. The first kappa shape index (κ1) is 15.9. The number of halogens is 1. The van der Waals surface area contributed by atoms with Crippen LogP contribution >= 0.6 is 0 Å². The quantitative estimate of drug-likeness (QED) is 0.850. The van der Waals surface area contributed by atoms with Gasteiger partial charge >= 0.3 is 0 Å². The molecule has 0 unspecified atom stereocenters. The summed E-state index contributed by atoms with van der Waals surface area (Å²) in [5, 5.41) is 5.96. The molecule has 116 valence electrons. The van der Waals surface area contributed by atoms with E-state index in [4.69, 9.17) is 0 Å². The van der Waals surface area contributed by atoms with E-state index >= 15 is 0 Å². The van der Waals surface area contributed by atoms with Crippen molar-refractivity contribution in [1.82, 2.24) is 4.98 Å². The number of hydrogen-bond donors (Lipinski definition) is 2. The Morgan fingerprint density at radius 3 is 2.59 bits per heavy atom. The number of aromatic nitrogens is 1. The van der Waals surface area contributed by atoms with Crippen LogP contribution in [0.1, 0.15) is 30.6 Å². The Labute approximate surface area is 129 Å². The van der Waals surface area contributed by atoms with Crippen LogP contribution in [0.3, 0.4) is 0 Å². The highest BCUT2D eigenvalue weighted by Gasteiger charge is 2.08. The summed E-state index contributed by atoms with van der Waals surface area (Å²) in [7, 11) is 0.